The molecule has 0 amide bonds. The Morgan fingerprint density at radius 3 is 2.52 bits per heavy atom. The van der Waals surface area contributed by atoms with E-state index in [1.807, 2.05) is 0 Å². The van der Waals surface area contributed by atoms with E-state index in [9.17, 15) is 0 Å². The normalized spacial score (nSPS) is 20.1. The summed E-state index contributed by atoms with van der Waals surface area (Å²) in [5, 5.41) is 3.43. The van der Waals surface area contributed by atoms with E-state index in [0.29, 0.717) is 22.9 Å². The number of rotatable bonds is 3. The van der Waals surface area contributed by atoms with E-state index in [1.165, 1.54) is 5.56 Å². The van der Waals surface area contributed by atoms with Crippen molar-refractivity contribution < 1.29 is 4.74 Å². The van der Waals surface area contributed by atoms with Crippen molar-refractivity contribution in [3.8, 4) is 0 Å². The van der Waals surface area contributed by atoms with Crippen LogP contribution in [0.5, 0.6) is 0 Å². The van der Waals surface area contributed by atoms with Gasteiger partial charge in [-0.1, -0.05) is 17.7 Å². The van der Waals surface area contributed by atoms with E-state index in [2.05, 4.69) is 71.1 Å². The molecule has 1 aliphatic heterocycles. The van der Waals surface area contributed by atoms with Crippen LogP contribution in [0, 0.1) is 13.8 Å². The Labute approximate surface area is 158 Å². The first-order valence-corrected chi connectivity index (χ1v) is 9.23. The smallest absolute Gasteiger partial charge is 0.229 e. The molecule has 0 saturated carbocycles. The minimum atomic E-state index is 0.130. The molecule has 27 heavy (non-hydrogen) atoms. The van der Waals surface area contributed by atoms with Gasteiger partial charge in [-0.15, -0.1) is 0 Å². The van der Waals surface area contributed by atoms with Crippen LogP contribution in [0.15, 0.2) is 30.6 Å². The molecule has 1 fully saturated rings. The average Bonchev–Trinajstić information content (AvgIpc) is 2.63. The zero-order valence-corrected chi connectivity index (χ0v) is 16.1. The topological polar surface area (TPSA) is 76.1 Å². The number of aryl methyl sites for hydroxylation is 2. The van der Waals surface area contributed by atoms with Gasteiger partial charge in [0.1, 0.15) is 0 Å². The highest BCUT2D eigenvalue weighted by Gasteiger charge is 2.25. The summed E-state index contributed by atoms with van der Waals surface area (Å²) < 4.78 is 5.84. The second-order valence-corrected chi connectivity index (χ2v) is 7.21. The van der Waals surface area contributed by atoms with Gasteiger partial charge in [-0.2, -0.15) is 9.97 Å². The van der Waals surface area contributed by atoms with Crippen LogP contribution < -0.4 is 10.2 Å². The predicted octanol–water partition coefficient (Wildman–Crippen LogP) is 3.39. The van der Waals surface area contributed by atoms with E-state index in [0.717, 1.165) is 24.3 Å². The van der Waals surface area contributed by atoms with E-state index < -0.39 is 0 Å². The fourth-order valence-corrected chi connectivity index (χ4v) is 3.50. The van der Waals surface area contributed by atoms with Gasteiger partial charge in [0.2, 0.25) is 5.95 Å². The van der Waals surface area contributed by atoms with Crippen LogP contribution in [0.25, 0.3) is 11.2 Å². The second-order valence-electron chi connectivity index (χ2n) is 7.21. The van der Waals surface area contributed by atoms with Gasteiger partial charge in [-0.05, 0) is 39.3 Å². The molecule has 2 atom stereocenters. The summed E-state index contributed by atoms with van der Waals surface area (Å²) in [6.45, 7) is 9.80. The van der Waals surface area contributed by atoms with Crippen LogP contribution >= 0.6 is 0 Å². The van der Waals surface area contributed by atoms with Gasteiger partial charge in [-0.3, -0.25) is 0 Å². The summed E-state index contributed by atoms with van der Waals surface area (Å²) >= 11 is 0. The number of benzene rings is 1. The molecular formula is C20H24N6O. The van der Waals surface area contributed by atoms with Gasteiger partial charge >= 0.3 is 0 Å². The number of morpholine rings is 1. The molecule has 0 bridgehead atoms. The van der Waals surface area contributed by atoms with Crippen LogP contribution in [0.4, 0.5) is 17.5 Å². The maximum atomic E-state index is 5.84. The molecular weight excluding hydrogens is 340 g/mol. The van der Waals surface area contributed by atoms with Gasteiger partial charge in [0.25, 0.3) is 0 Å². The maximum Gasteiger partial charge on any atom is 0.229 e. The zero-order valence-electron chi connectivity index (χ0n) is 16.1. The number of aromatic nitrogens is 4. The van der Waals surface area contributed by atoms with Crippen molar-refractivity contribution in [1.82, 2.24) is 19.9 Å². The third-order valence-corrected chi connectivity index (χ3v) is 4.66. The zero-order chi connectivity index (χ0) is 19.0. The highest BCUT2D eigenvalue weighted by molar-refractivity contribution is 5.86. The number of nitrogens with one attached hydrogen (secondary N) is 1. The lowest BCUT2D eigenvalue weighted by Gasteiger charge is -2.35. The SMILES string of the molecule is Cc1ccc(Nc2nc(N3C[C@@H](C)O[C@@H](C)C3)nc3nccnc23)c(C)c1. The van der Waals surface area contributed by atoms with Gasteiger partial charge in [0, 0.05) is 31.2 Å². The first-order valence-electron chi connectivity index (χ1n) is 9.23. The average molecular weight is 364 g/mol. The largest absolute Gasteiger partial charge is 0.372 e. The first-order chi connectivity index (χ1) is 13.0. The van der Waals surface area contributed by atoms with E-state index in [4.69, 9.17) is 9.72 Å². The maximum absolute atomic E-state index is 5.84. The quantitative estimate of drug-likeness (QED) is 0.763. The summed E-state index contributed by atoms with van der Waals surface area (Å²) in [5.41, 5.74) is 4.63. The fraction of sp³-hybridized carbons (Fsp3) is 0.400. The first kappa shape index (κ1) is 17.6. The van der Waals surface area contributed by atoms with Crippen molar-refractivity contribution in [2.75, 3.05) is 23.3 Å². The van der Waals surface area contributed by atoms with Crippen molar-refractivity contribution in [2.24, 2.45) is 0 Å². The molecule has 0 unspecified atom stereocenters. The van der Waals surface area contributed by atoms with Crippen molar-refractivity contribution in [2.45, 2.75) is 39.9 Å². The summed E-state index contributed by atoms with van der Waals surface area (Å²) in [5.74, 6) is 1.32. The minimum Gasteiger partial charge on any atom is -0.372 e. The molecule has 140 valence electrons. The summed E-state index contributed by atoms with van der Waals surface area (Å²) in [4.78, 5) is 20.5. The third kappa shape index (κ3) is 3.68. The fourth-order valence-electron chi connectivity index (χ4n) is 3.50. The Hall–Kier alpha value is -2.80. The van der Waals surface area contributed by atoms with Crippen LogP contribution in [0.1, 0.15) is 25.0 Å². The van der Waals surface area contributed by atoms with E-state index >= 15 is 0 Å². The van der Waals surface area contributed by atoms with Gasteiger partial charge in [-0.25, -0.2) is 9.97 Å². The molecule has 7 nitrogen and oxygen atoms in total. The third-order valence-electron chi connectivity index (χ3n) is 4.66. The van der Waals surface area contributed by atoms with Gasteiger partial charge in [0.05, 0.1) is 12.2 Å². The summed E-state index contributed by atoms with van der Waals surface area (Å²) in [7, 11) is 0. The molecule has 1 aromatic carbocycles. The van der Waals surface area contributed by atoms with Crippen molar-refractivity contribution in [1.29, 1.82) is 0 Å². The number of hydrogen-bond acceptors (Lipinski definition) is 7. The Bertz CT molecular complexity index is 966. The molecule has 2 aromatic heterocycles. The molecule has 1 N–H and O–H groups in total. The second kappa shape index (κ2) is 7.08. The van der Waals surface area contributed by atoms with E-state index in [1.54, 1.807) is 12.4 Å². The lowest BCUT2D eigenvalue weighted by Crippen LogP contribution is -2.46. The van der Waals surface area contributed by atoms with Gasteiger partial charge < -0.3 is 15.0 Å². The Morgan fingerprint density at radius 2 is 1.78 bits per heavy atom. The molecule has 4 rings (SSSR count). The van der Waals surface area contributed by atoms with E-state index in [-0.39, 0.29) is 12.2 Å². The molecule has 0 spiro atoms. The van der Waals surface area contributed by atoms with Crippen molar-refractivity contribution >= 4 is 28.6 Å². The molecule has 1 saturated heterocycles. The number of anilines is 3. The molecule has 3 aromatic rings. The number of ether oxygens (including phenoxy) is 1. The van der Waals surface area contributed by atoms with Gasteiger partial charge in [0.15, 0.2) is 17.0 Å². The molecule has 0 radical (unpaired) electrons. The Kier molecular flexibility index (Phi) is 4.61. The van der Waals surface area contributed by atoms with Crippen molar-refractivity contribution in [3.63, 3.8) is 0 Å². The Morgan fingerprint density at radius 1 is 1.04 bits per heavy atom. The standard InChI is InChI=1S/C20H24N6O/c1-12-5-6-16(13(2)9-12)23-19-17-18(22-8-7-21-17)24-20(25-19)26-10-14(3)27-15(4)11-26/h5-9,14-15H,10-11H2,1-4H3,(H,22,23,24,25)/t14-,15+. The molecule has 7 heteroatoms. The highest BCUT2D eigenvalue weighted by Crippen LogP contribution is 2.27. The predicted molar refractivity (Wildman–Crippen MR) is 107 cm³/mol. The van der Waals surface area contributed by atoms with Crippen LogP contribution in [-0.4, -0.2) is 45.2 Å². The van der Waals surface area contributed by atoms with Crippen LogP contribution in [0.2, 0.25) is 0 Å². The molecule has 1 aliphatic rings. The number of fused-ring (bicyclic) bond motifs is 1. The minimum absolute atomic E-state index is 0.130. The van der Waals surface area contributed by atoms with Crippen molar-refractivity contribution in [3.05, 3.63) is 41.7 Å². The lowest BCUT2D eigenvalue weighted by atomic mass is 10.1. The number of nitrogens with zero attached hydrogens (tertiary/aromatic N) is 5. The molecule has 3 heterocycles. The Balaban J connectivity index is 1.76. The monoisotopic (exact) mass is 364 g/mol. The lowest BCUT2D eigenvalue weighted by molar-refractivity contribution is -0.00569. The van der Waals surface area contributed by atoms with Crippen LogP contribution in [-0.2, 0) is 4.74 Å². The summed E-state index contributed by atoms with van der Waals surface area (Å²) in [6.07, 6.45) is 3.58. The highest BCUT2D eigenvalue weighted by atomic mass is 16.5. The molecule has 0 aliphatic carbocycles. The van der Waals surface area contributed by atoms with Crippen LogP contribution in [0.3, 0.4) is 0 Å². The summed E-state index contributed by atoms with van der Waals surface area (Å²) in [6, 6.07) is 6.29. The number of hydrogen-bond donors (Lipinski definition) is 1.